The summed E-state index contributed by atoms with van der Waals surface area (Å²) < 4.78 is 28.3. The van der Waals surface area contributed by atoms with Gasteiger partial charge in [0.05, 0.1) is 44.0 Å². The van der Waals surface area contributed by atoms with Crippen LogP contribution >= 0.6 is 11.3 Å². The highest BCUT2D eigenvalue weighted by Crippen LogP contribution is 2.34. The Bertz CT molecular complexity index is 1810. The zero-order valence-corrected chi connectivity index (χ0v) is 26.5. The fourth-order valence-corrected chi connectivity index (χ4v) is 6.16. The number of carboxylic acids is 1. The Kier molecular flexibility index (Phi) is 9.54. The first-order chi connectivity index (χ1) is 20.7. The van der Waals surface area contributed by atoms with Crippen LogP contribution in [0.25, 0.3) is 15.2 Å². The number of fused-ring (bicyclic) bond motifs is 1. The highest BCUT2D eigenvalue weighted by molar-refractivity contribution is 7.21. The van der Waals surface area contributed by atoms with E-state index in [1.807, 2.05) is 13.8 Å². The van der Waals surface area contributed by atoms with Gasteiger partial charge in [0.2, 0.25) is 0 Å². The number of benzene rings is 1. The van der Waals surface area contributed by atoms with E-state index < -0.39 is 40.6 Å². The van der Waals surface area contributed by atoms with Crippen molar-refractivity contribution in [3.63, 3.8) is 0 Å². The van der Waals surface area contributed by atoms with Crippen LogP contribution in [0.4, 0.5) is 4.39 Å². The normalized spacial score (nSPS) is 13.4. The number of aromatic nitrogens is 5. The van der Waals surface area contributed by atoms with Crippen molar-refractivity contribution in [1.29, 1.82) is 0 Å². The lowest BCUT2D eigenvalue weighted by Gasteiger charge is -2.28. The molecule has 0 amide bonds. The highest BCUT2D eigenvalue weighted by atomic mass is 32.1. The molecular weight excluding hydrogens is 593 g/mol. The average molecular weight is 630 g/mol. The lowest BCUT2D eigenvalue weighted by Crippen LogP contribution is -2.53. The van der Waals surface area contributed by atoms with Crippen molar-refractivity contribution in [2.75, 3.05) is 13.7 Å². The molecule has 0 aliphatic heterocycles. The van der Waals surface area contributed by atoms with E-state index >= 15 is 0 Å². The summed E-state index contributed by atoms with van der Waals surface area (Å²) in [5.41, 5.74) is -2.20. The summed E-state index contributed by atoms with van der Waals surface area (Å²) in [5, 5.41) is 18.5. The van der Waals surface area contributed by atoms with Crippen molar-refractivity contribution in [2.24, 2.45) is 11.8 Å². The molecule has 236 valence electrons. The predicted molar refractivity (Wildman–Crippen MR) is 162 cm³/mol. The Labute approximate surface area is 256 Å². The fraction of sp³-hybridized carbons (Fsp3) is 0.467. The van der Waals surface area contributed by atoms with Crippen LogP contribution in [-0.4, -0.2) is 54.7 Å². The third-order valence-electron chi connectivity index (χ3n) is 7.48. The minimum atomic E-state index is -1.52. The molecule has 1 aromatic carbocycles. The van der Waals surface area contributed by atoms with Crippen LogP contribution in [0.2, 0.25) is 0 Å². The molecule has 4 rings (SSSR count). The molecule has 0 saturated heterocycles. The van der Waals surface area contributed by atoms with Crippen LogP contribution in [0, 0.1) is 24.6 Å². The van der Waals surface area contributed by atoms with Gasteiger partial charge in [-0.1, -0.05) is 25.2 Å². The monoisotopic (exact) mass is 629 g/mol. The van der Waals surface area contributed by atoms with Gasteiger partial charge >= 0.3 is 11.7 Å². The van der Waals surface area contributed by atoms with E-state index in [1.165, 1.54) is 67.8 Å². The SMILES string of the molecule is COc1ccc(F)cc1[C@H](Cn1c(=O)n(C(C)(C)C(=O)CC(C)C)c(=O)c2c(C)c(-n3nccn3)sc21)OC[C@@H](C)C(=O)O. The summed E-state index contributed by atoms with van der Waals surface area (Å²) in [6, 6.07) is 3.81. The van der Waals surface area contributed by atoms with Crippen LogP contribution in [-0.2, 0) is 26.4 Å². The molecule has 3 aromatic heterocycles. The Balaban J connectivity index is 2.02. The Hall–Kier alpha value is -4.17. The number of rotatable bonds is 13. The van der Waals surface area contributed by atoms with E-state index in [1.54, 1.807) is 6.92 Å². The van der Waals surface area contributed by atoms with Gasteiger partial charge in [-0.2, -0.15) is 10.2 Å². The fourth-order valence-electron chi connectivity index (χ4n) is 4.94. The molecule has 12 nitrogen and oxygen atoms in total. The average Bonchev–Trinajstić information content (AvgIpc) is 3.60. The van der Waals surface area contributed by atoms with Gasteiger partial charge in [-0.3, -0.25) is 19.0 Å². The van der Waals surface area contributed by atoms with Gasteiger partial charge in [0.25, 0.3) is 5.56 Å². The molecule has 4 aromatic rings. The molecule has 44 heavy (non-hydrogen) atoms. The molecule has 0 unspecified atom stereocenters. The van der Waals surface area contributed by atoms with Crippen molar-refractivity contribution in [1.82, 2.24) is 24.1 Å². The second-order valence-electron chi connectivity index (χ2n) is 11.6. The summed E-state index contributed by atoms with van der Waals surface area (Å²) in [5.74, 6) is -2.67. The molecule has 3 heterocycles. The Morgan fingerprint density at radius 1 is 1.14 bits per heavy atom. The molecule has 0 fully saturated rings. The number of ketones is 1. The quantitative estimate of drug-likeness (QED) is 0.231. The molecule has 2 atom stereocenters. The van der Waals surface area contributed by atoms with E-state index in [2.05, 4.69) is 10.2 Å². The van der Waals surface area contributed by atoms with Crippen LogP contribution in [0.15, 0.2) is 40.2 Å². The van der Waals surface area contributed by atoms with Crippen molar-refractivity contribution in [2.45, 2.75) is 66.2 Å². The number of hydrogen-bond acceptors (Lipinski definition) is 9. The number of carbonyl (C=O) groups excluding carboxylic acids is 1. The summed E-state index contributed by atoms with van der Waals surface area (Å²) in [7, 11) is 1.40. The van der Waals surface area contributed by atoms with Gasteiger partial charge in [0, 0.05) is 17.5 Å². The molecule has 0 radical (unpaired) electrons. The van der Waals surface area contributed by atoms with Gasteiger partial charge in [0.1, 0.15) is 33.0 Å². The Morgan fingerprint density at radius 2 is 1.80 bits per heavy atom. The van der Waals surface area contributed by atoms with Crippen molar-refractivity contribution >= 4 is 33.3 Å². The van der Waals surface area contributed by atoms with E-state index in [0.717, 1.165) is 15.9 Å². The number of carbonyl (C=O) groups is 2. The molecule has 0 saturated carbocycles. The summed E-state index contributed by atoms with van der Waals surface area (Å²) in [6.45, 7) is 9.46. The topological polar surface area (TPSA) is 148 Å². The molecule has 1 N–H and O–H groups in total. The maximum Gasteiger partial charge on any atom is 0.333 e. The summed E-state index contributed by atoms with van der Waals surface area (Å²) >= 11 is 1.10. The molecule has 0 aliphatic rings. The first kappa shape index (κ1) is 32.7. The number of halogens is 1. The number of hydrogen-bond donors (Lipinski definition) is 1. The minimum absolute atomic E-state index is 0.0155. The van der Waals surface area contributed by atoms with Crippen molar-refractivity contribution in [3.8, 4) is 10.8 Å². The first-order valence-electron chi connectivity index (χ1n) is 14.1. The van der Waals surface area contributed by atoms with E-state index in [0.29, 0.717) is 10.6 Å². The smallest absolute Gasteiger partial charge is 0.333 e. The largest absolute Gasteiger partial charge is 0.496 e. The third-order valence-corrected chi connectivity index (χ3v) is 8.76. The lowest BCUT2D eigenvalue weighted by molar-refractivity contribution is -0.144. The summed E-state index contributed by atoms with van der Waals surface area (Å²) in [6.07, 6.45) is 2.01. The standard InChI is InChI=1S/C30H36FN5O7S/c1-16(2)12-23(37)30(5,6)35-25(38)24-18(4)26(36-32-10-11-33-36)44-27(24)34(29(35)41)14-22(43-15-17(3)28(39)40)20-13-19(31)8-9-21(20)42-7/h8-11,13,16-17,22H,12,14-15H2,1-7H3,(H,39,40)/t17-,22+/m1/s1. The first-order valence-corrected chi connectivity index (χ1v) is 14.9. The Morgan fingerprint density at radius 3 is 2.39 bits per heavy atom. The predicted octanol–water partition coefficient (Wildman–Crippen LogP) is 4.09. The van der Waals surface area contributed by atoms with Crippen molar-refractivity contribution < 1.29 is 28.6 Å². The second kappa shape index (κ2) is 12.8. The maximum atomic E-state index is 14.6. The van der Waals surface area contributed by atoms with Crippen LogP contribution in [0.1, 0.15) is 58.3 Å². The molecular formula is C30H36FN5O7S. The van der Waals surface area contributed by atoms with E-state index in [-0.39, 0.29) is 52.8 Å². The van der Waals surface area contributed by atoms with E-state index in [4.69, 9.17) is 9.47 Å². The molecule has 0 bridgehead atoms. The summed E-state index contributed by atoms with van der Waals surface area (Å²) in [4.78, 5) is 55.1. The minimum Gasteiger partial charge on any atom is -0.496 e. The zero-order chi connectivity index (χ0) is 32.5. The third kappa shape index (κ3) is 6.22. The number of Topliss-reactive ketones (excluding diaryl/α,β-unsaturated/α-hetero) is 1. The van der Waals surface area contributed by atoms with Crippen LogP contribution in [0.3, 0.4) is 0 Å². The number of nitrogens with zero attached hydrogens (tertiary/aromatic N) is 5. The second-order valence-corrected chi connectivity index (χ2v) is 12.6. The van der Waals surface area contributed by atoms with Crippen molar-refractivity contribution in [3.05, 3.63) is 68.4 Å². The number of ether oxygens (including phenoxy) is 2. The van der Waals surface area contributed by atoms with Crippen LogP contribution < -0.4 is 16.0 Å². The molecule has 0 aliphatic carbocycles. The molecule has 0 spiro atoms. The zero-order valence-electron chi connectivity index (χ0n) is 25.7. The van der Waals surface area contributed by atoms with Gasteiger partial charge in [-0.25, -0.2) is 13.8 Å². The number of aliphatic carboxylic acids is 1. The van der Waals surface area contributed by atoms with Gasteiger partial charge in [-0.05, 0) is 51.8 Å². The highest BCUT2D eigenvalue weighted by Gasteiger charge is 2.36. The number of carboxylic acid groups (broad SMARTS) is 1. The lowest BCUT2D eigenvalue weighted by atomic mass is 9.91. The van der Waals surface area contributed by atoms with E-state index in [9.17, 15) is 28.7 Å². The number of aryl methyl sites for hydroxylation is 1. The van der Waals surface area contributed by atoms with Crippen LogP contribution in [0.5, 0.6) is 5.75 Å². The van der Waals surface area contributed by atoms with Gasteiger partial charge in [0.15, 0.2) is 5.78 Å². The number of thiophene rings is 1. The molecule has 14 heteroatoms. The number of methoxy groups -OCH3 is 1. The van der Waals surface area contributed by atoms with Gasteiger partial charge in [-0.15, -0.1) is 4.80 Å². The maximum absolute atomic E-state index is 14.6. The van der Waals surface area contributed by atoms with Gasteiger partial charge < -0.3 is 14.6 Å².